The zero-order valence-corrected chi connectivity index (χ0v) is 26.3. The van der Waals surface area contributed by atoms with Crippen molar-refractivity contribution >= 4 is 51.6 Å². The minimum absolute atomic E-state index is 0.0106. The van der Waals surface area contributed by atoms with Gasteiger partial charge < -0.3 is 24.8 Å². The molecule has 49 heavy (non-hydrogen) atoms. The van der Waals surface area contributed by atoms with Gasteiger partial charge >= 0.3 is 0 Å². The molecule has 1 atom stereocenters. The standard InChI is InChI=1S/C34H29FN8O6/c1-41-17-21(20-5-3-4-6-26(20)41)23-9-10-36-34(38-23)39-25-13-28(43(47)48)24(14-29(25)49-2)37-15-18-11-19-16-42(33(46)31(19)22(35)12-18)27-7-8-30(44)40-32(27)45/h3-6,9-14,17,27,37H,7-8,15-16H2,1-2H3,(H,36,38,39)(H,40,44,45). The fraction of sp³-hybridized carbons (Fsp3) is 0.206. The number of para-hydroxylation sites is 1. The minimum atomic E-state index is -0.882. The van der Waals surface area contributed by atoms with E-state index >= 15 is 4.39 Å². The monoisotopic (exact) mass is 664 g/mol. The first-order valence-corrected chi connectivity index (χ1v) is 15.3. The number of methoxy groups -OCH3 is 1. The predicted octanol–water partition coefficient (Wildman–Crippen LogP) is 4.81. The van der Waals surface area contributed by atoms with E-state index in [0.717, 1.165) is 16.5 Å². The van der Waals surface area contributed by atoms with E-state index < -0.39 is 34.5 Å². The normalized spacial score (nSPS) is 15.7. The lowest BCUT2D eigenvalue weighted by atomic mass is 10.0. The van der Waals surface area contributed by atoms with Crippen molar-refractivity contribution in [3.63, 3.8) is 0 Å². The third kappa shape index (κ3) is 5.75. The molecular formula is C34H29FN8O6. The van der Waals surface area contributed by atoms with E-state index in [-0.39, 0.29) is 60.3 Å². The lowest BCUT2D eigenvalue weighted by Gasteiger charge is -2.29. The molecule has 0 spiro atoms. The maximum absolute atomic E-state index is 15.2. The highest BCUT2D eigenvalue weighted by Gasteiger charge is 2.40. The van der Waals surface area contributed by atoms with E-state index in [0.29, 0.717) is 16.8 Å². The summed E-state index contributed by atoms with van der Waals surface area (Å²) in [5, 5.41) is 21.5. The number of fused-ring (bicyclic) bond motifs is 2. The summed E-state index contributed by atoms with van der Waals surface area (Å²) in [6, 6.07) is 14.4. The molecule has 3 N–H and O–H groups in total. The molecule has 5 aromatic rings. The SMILES string of the molecule is COc1cc(NCc2cc(F)c3c(c2)CN(C2CCC(=O)NC2=O)C3=O)c([N+](=O)[O-])cc1Nc1nccc(-c2cn(C)c3ccccc23)n1. The van der Waals surface area contributed by atoms with E-state index in [2.05, 4.69) is 25.9 Å². The summed E-state index contributed by atoms with van der Waals surface area (Å²) >= 11 is 0. The maximum Gasteiger partial charge on any atom is 0.294 e. The van der Waals surface area contributed by atoms with Gasteiger partial charge in [0.2, 0.25) is 17.8 Å². The van der Waals surface area contributed by atoms with E-state index in [1.807, 2.05) is 42.1 Å². The molecule has 1 unspecified atom stereocenters. The Bertz CT molecular complexity index is 2200. The molecule has 3 amide bonds. The number of nitrogens with zero attached hydrogens (tertiary/aromatic N) is 5. The molecule has 248 valence electrons. The summed E-state index contributed by atoms with van der Waals surface area (Å²) in [4.78, 5) is 58.8. The third-order valence-electron chi connectivity index (χ3n) is 8.71. The second kappa shape index (κ2) is 12.3. The number of aromatic nitrogens is 3. The molecule has 0 bridgehead atoms. The van der Waals surface area contributed by atoms with Crippen LogP contribution in [0.1, 0.15) is 34.3 Å². The van der Waals surface area contributed by atoms with Crippen molar-refractivity contribution < 1.29 is 28.4 Å². The Balaban J connectivity index is 1.12. The molecule has 2 aliphatic rings. The number of nitro groups is 1. The number of rotatable bonds is 9. The van der Waals surface area contributed by atoms with Crippen molar-refractivity contribution in [2.75, 3.05) is 17.7 Å². The Labute approximate surface area is 278 Å². The molecule has 7 rings (SSSR count). The second-order valence-electron chi connectivity index (χ2n) is 11.8. The number of nitrogens with one attached hydrogen (secondary N) is 3. The van der Waals surface area contributed by atoms with Crippen molar-refractivity contribution in [3.05, 3.63) is 99.6 Å². The van der Waals surface area contributed by atoms with Crippen molar-refractivity contribution in [1.82, 2.24) is 24.8 Å². The predicted molar refractivity (Wildman–Crippen MR) is 177 cm³/mol. The van der Waals surface area contributed by atoms with E-state index in [1.54, 1.807) is 18.3 Å². The van der Waals surface area contributed by atoms with Gasteiger partial charge in [0.1, 0.15) is 23.3 Å². The van der Waals surface area contributed by atoms with Crippen LogP contribution in [0.4, 0.5) is 27.4 Å². The number of benzene rings is 3. The molecule has 1 saturated heterocycles. The molecule has 1 fully saturated rings. The van der Waals surface area contributed by atoms with Crippen LogP contribution in [0.15, 0.2) is 67.0 Å². The molecule has 15 heteroatoms. The van der Waals surface area contributed by atoms with Gasteiger partial charge in [-0.15, -0.1) is 0 Å². The Morgan fingerprint density at radius 2 is 1.94 bits per heavy atom. The minimum Gasteiger partial charge on any atom is -0.494 e. The van der Waals surface area contributed by atoms with Crippen molar-refractivity contribution in [3.8, 4) is 17.0 Å². The first kappa shape index (κ1) is 31.2. The number of amides is 3. The number of carbonyl (C=O) groups excluding carboxylic acids is 3. The molecule has 2 aliphatic heterocycles. The quantitative estimate of drug-likeness (QED) is 0.113. The van der Waals surface area contributed by atoms with Gasteiger partial charge in [-0.2, -0.15) is 0 Å². The van der Waals surface area contributed by atoms with Crippen LogP contribution >= 0.6 is 0 Å². The largest absolute Gasteiger partial charge is 0.494 e. The van der Waals surface area contributed by atoms with Crippen LogP contribution in [-0.4, -0.2) is 55.2 Å². The van der Waals surface area contributed by atoms with Gasteiger partial charge in [-0.3, -0.25) is 29.8 Å². The lowest BCUT2D eigenvalue weighted by Crippen LogP contribution is -2.52. The Hall–Kier alpha value is -6.38. The van der Waals surface area contributed by atoms with Gasteiger partial charge in [0.15, 0.2) is 0 Å². The van der Waals surface area contributed by atoms with E-state index in [1.165, 1.54) is 30.2 Å². The highest BCUT2D eigenvalue weighted by atomic mass is 19.1. The molecule has 3 aromatic carbocycles. The number of hydrogen-bond acceptors (Lipinski definition) is 10. The number of imide groups is 1. The fourth-order valence-electron chi connectivity index (χ4n) is 6.38. The number of halogens is 1. The summed E-state index contributed by atoms with van der Waals surface area (Å²) in [7, 11) is 3.37. The number of ether oxygens (including phenoxy) is 1. The average molecular weight is 665 g/mol. The van der Waals surface area contributed by atoms with Gasteiger partial charge in [0.25, 0.3) is 11.6 Å². The summed E-state index contributed by atoms with van der Waals surface area (Å²) < 4.78 is 22.8. The first-order chi connectivity index (χ1) is 23.6. The molecule has 0 aliphatic carbocycles. The van der Waals surface area contributed by atoms with Crippen LogP contribution in [0.5, 0.6) is 5.75 Å². The summed E-state index contributed by atoms with van der Waals surface area (Å²) in [6.45, 7) is -0.0346. The van der Waals surface area contributed by atoms with Gasteiger partial charge in [-0.1, -0.05) is 24.3 Å². The number of piperidine rings is 1. The van der Waals surface area contributed by atoms with Crippen molar-refractivity contribution in [2.45, 2.75) is 32.0 Å². The molecule has 4 heterocycles. The number of anilines is 3. The highest BCUT2D eigenvalue weighted by Crippen LogP contribution is 2.38. The molecule has 0 radical (unpaired) electrons. The van der Waals surface area contributed by atoms with Gasteiger partial charge in [0.05, 0.1) is 29.0 Å². The number of nitro benzene ring substituents is 1. The molecule has 14 nitrogen and oxygen atoms in total. The van der Waals surface area contributed by atoms with Crippen LogP contribution in [0, 0.1) is 15.9 Å². The molecule has 2 aromatic heterocycles. The van der Waals surface area contributed by atoms with Crippen LogP contribution in [0.3, 0.4) is 0 Å². The summed E-state index contributed by atoms with van der Waals surface area (Å²) in [5.41, 5.74) is 3.34. The third-order valence-corrected chi connectivity index (χ3v) is 8.71. The second-order valence-corrected chi connectivity index (χ2v) is 11.8. The first-order valence-electron chi connectivity index (χ1n) is 15.3. The van der Waals surface area contributed by atoms with Crippen LogP contribution in [-0.2, 0) is 29.7 Å². The van der Waals surface area contributed by atoms with Crippen LogP contribution in [0.25, 0.3) is 22.2 Å². The Morgan fingerprint density at radius 1 is 1.12 bits per heavy atom. The smallest absolute Gasteiger partial charge is 0.294 e. The fourth-order valence-corrected chi connectivity index (χ4v) is 6.38. The maximum atomic E-state index is 15.2. The lowest BCUT2D eigenvalue weighted by molar-refractivity contribution is -0.383. The van der Waals surface area contributed by atoms with Crippen molar-refractivity contribution in [1.29, 1.82) is 0 Å². The van der Waals surface area contributed by atoms with Crippen LogP contribution in [0.2, 0.25) is 0 Å². The zero-order chi connectivity index (χ0) is 34.4. The molecular weight excluding hydrogens is 635 g/mol. The highest BCUT2D eigenvalue weighted by molar-refractivity contribution is 6.05. The van der Waals surface area contributed by atoms with Gasteiger partial charge in [-0.25, -0.2) is 14.4 Å². The topological polar surface area (TPSA) is 174 Å². The Kier molecular flexibility index (Phi) is 7.86. The van der Waals surface area contributed by atoms with E-state index in [9.17, 15) is 24.5 Å². The number of aryl methyl sites for hydroxylation is 1. The Morgan fingerprint density at radius 3 is 2.71 bits per heavy atom. The average Bonchev–Trinajstić information content (AvgIpc) is 3.60. The van der Waals surface area contributed by atoms with Gasteiger partial charge in [0, 0.05) is 67.6 Å². The molecule has 0 saturated carbocycles. The zero-order valence-electron chi connectivity index (χ0n) is 26.3. The number of hydrogen-bond donors (Lipinski definition) is 3. The van der Waals surface area contributed by atoms with E-state index in [4.69, 9.17) is 4.74 Å². The summed E-state index contributed by atoms with van der Waals surface area (Å²) in [6.07, 6.45) is 3.80. The summed E-state index contributed by atoms with van der Waals surface area (Å²) in [5.74, 6) is -1.95. The van der Waals surface area contributed by atoms with Crippen molar-refractivity contribution in [2.24, 2.45) is 7.05 Å². The van der Waals surface area contributed by atoms with Gasteiger partial charge in [-0.05, 0) is 35.7 Å². The van der Waals surface area contributed by atoms with Crippen LogP contribution < -0.4 is 20.7 Å². The number of carbonyl (C=O) groups is 3.